The Balaban J connectivity index is 1.49. The smallest absolute Gasteiger partial charge is 0.228 e. The number of amides is 1. The number of benzene rings is 2. The van der Waals surface area contributed by atoms with Gasteiger partial charge >= 0.3 is 0 Å². The minimum absolute atomic E-state index is 0.0762. The molecule has 5 aromatic rings. The fraction of sp³-hybridized carbons (Fsp3) is 0.219. The van der Waals surface area contributed by atoms with Crippen molar-refractivity contribution in [2.24, 2.45) is 0 Å². The molecule has 3 aromatic heterocycles. The van der Waals surface area contributed by atoms with E-state index in [1.807, 2.05) is 47.5 Å². The highest BCUT2D eigenvalue weighted by Crippen LogP contribution is 2.28. The fourth-order valence-corrected chi connectivity index (χ4v) is 4.63. The molecule has 0 aliphatic rings. The van der Waals surface area contributed by atoms with Crippen molar-refractivity contribution >= 4 is 11.6 Å². The minimum atomic E-state index is 0.0762. The van der Waals surface area contributed by atoms with Crippen LogP contribution in [0.2, 0.25) is 0 Å². The zero-order valence-corrected chi connectivity index (χ0v) is 21.7. The number of imidazole rings is 1. The maximum Gasteiger partial charge on any atom is 0.228 e. The van der Waals surface area contributed by atoms with E-state index in [0.717, 1.165) is 39.4 Å². The summed E-state index contributed by atoms with van der Waals surface area (Å²) < 4.78 is 2.06. The average molecular weight is 489 g/mol. The molecule has 5 nitrogen and oxygen atoms in total. The van der Waals surface area contributed by atoms with Gasteiger partial charge in [0.05, 0.1) is 17.8 Å². The van der Waals surface area contributed by atoms with Gasteiger partial charge in [0, 0.05) is 43.2 Å². The van der Waals surface area contributed by atoms with E-state index in [1.165, 1.54) is 11.1 Å². The molecule has 37 heavy (non-hydrogen) atoms. The number of fused-ring (bicyclic) bond motifs is 1. The van der Waals surface area contributed by atoms with Gasteiger partial charge in [-0.2, -0.15) is 0 Å². The maximum atomic E-state index is 13.9. The lowest BCUT2D eigenvalue weighted by molar-refractivity contribution is -0.131. The first kappa shape index (κ1) is 24.4. The molecule has 0 aliphatic heterocycles. The van der Waals surface area contributed by atoms with Gasteiger partial charge in [0.1, 0.15) is 5.65 Å². The van der Waals surface area contributed by atoms with Gasteiger partial charge in [-0.3, -0.25) is 9.78 Å². The van der Waals surface area contributed by atoms with Crippen molar-refractivity contribution in [1.29, 1.82) is 0 Å². The quantitative estimate of drug-likeness (QED) is 0.264. The first-order chi connectivity index (χ1) is 18.0. The lowest BCUT2D eigenvalue weighted by atomic mass is 10.0. The number of pyridine rings is 2. The van der Waals surface area contributed by atoms with Crippen molar-refractivity contribution in [3.05, 3.63) is 125 Å². The summed E-state index contributed by atoms with van der Waals surface area (Å²) in [5.41, 5.74) is 9.37. The zero-order chi connectivity index (χ0) is 25.8. The van der Waals surface area contributed by atoms with Gasteiger partial charge in [-0.05, 0) is 73.4 Å². The highest BCUT2D eigenvalue weighted by molar-refractivity contribution is 5.82. The summed E-state index contributed by atoms with van der Waals surface area (Å²) in [4.78, 5) is 25.3. The molecule has 0 unspecified atom stereocenters. The Hall–Kier alpha value is -4.25. The zero-order valence-electron chi connectivity index (χ0n) is 21.7. The Morgan fingerprint density at radius 3 is 2.46 bits per heavy atom. The third-order valence-electron chi connectivity index (χ3n) is 6.91. The van der Waals surface area contributed by atoms with Crippen LogP contribution in [-0.4, -0.2) is 31.7 Å². The van der Waals surface area contributed by atoms with E-state index in [-0.39, 0.29) is 12.3 Å². The third kappa shape index (κ3) is 5.61. The van der Waals surface area contributed by atoms with Crippen LogP contribution in [0.4, 0.5) is 0 Å². The molecular weight excluding hydrogens is 456 g/mol. The van der Waals surface area contributed by atoms with Crippen LogP contribution in [0.5, 0.6) is 0 Å². The van der Waals surface area contributed by atoms with Crippen molar-refractivity contribution in [3.8, 4) is 11.3 Å². The molecule has 1 amide bonds. The second-order valence-corrected chi connectivity index (χ2v) is 9.69. The molecule has 0 radical (unpaired) electrons. The topological polar surface area (TPSA) is 50.5 Å². The van der Waals surface area contributed by atoms with E-state index in [2.05, 4.69) is 72.6 Å². The SMILES string of the molecule is Cc1ccn2c(CC(=O)N(CCc3ccccn3)Cc3ccccc3)c(-c3ccc(C)c(C)c3)nc2c1. The molecule has 186 valence electrons. The summed E-state index contributed by atoms with van der Waals surface area (Å²) in [5.74, 6) is 0.0762. The number of aromatic nitrogens is 3. The molecule has 0 aliphatic carbocycles. The molecule has 5 heteroatoms. The third-order valence-corrected chi connectivity index (χ3v) is 6.91. The largest absolute Gasteiger partial charge is 0.338 e. The van der Waals surface area contributed by atoms with Crippen LogP contribution < -0.4 is 0 Å². The second kappa shape index (κ2) is 10.8. The summed E-state index contributed by atoms with van der Waals surface area (Å²) in [6, 6.07) is 26.6. The first-order valence-corrected chi connectivity index (χ1v) is 12.7. The van der Waals surface area contributed by atoms with Crippen molar-refractivity contribution in [1.82, 2.24) is 19.3 Å². The number of nitrogens with zero attached hydrogens (tertiary/aromatic N) is 4. The number of aryl methyl sites for hydroxylation is 3. The Labute approximate surface area is 218 Å². The Morgan fingerprint density at radius 2 is 1.70 bits per heavy atom. The molecule has 0 N–H and O–H groups in total. The molecule has 3 heterocycles. The number of hydrogen-bond acceptors (Lipinski definition) is 3. The van der Waals surface area contributed by atoms with Crippen LogP contribution >= 0.6 is 0 Å². The Bertz CT molecular complexity index is 1520. The molecule has 0 bridgehead atoms. The second-order valence-electron chi connectivity index (χ2n) is 9.69. The van der Waals surface area contributed by atoms with Gasteiger partial charge in [0.2, 0.25) is 5.91 Å². The molecular formula is C32H32N4O. The van der Waals surface area contributed by atoms with Crippen molar-refractivity contribution in [2.45, 2.75) is 40.2 Å². The van der Waals surface area contributed by atoms with E-state index in [4.69, 9.17) is 4.98 Å². The van der Waals surface area contributed by atoms with Crippen LogP contribution in [0.3, 0.4) is 0 Å². The minimum Gasteiger partial charge on any atom is -0.338 e. The van der Waals surface area contributed by atoms with Crippen LogP contribution in [0.1, 0.15) is 33.6 Å². The van der Waals surface area contributed by atoms with Gasteiger partial charge in [0.15, 0.2) is 0 Å². The van der Waals surface area contributed by atoms with E-state index in [0.29, 0.717) is 19.5 Å². The Kier molecular flexibility index (Phi) is 7.13. The van der Waals surface area contributed by atoms with Gasteiger partial charge in [-0.1, -0.05) is 48.5 Å². The summed E-state index contributed by atoms with van der Waals surface area (Å²) in [6.45, 7) is 7.44. The fourth-order valence-electron chi connectivity index (χ4n) is 4.63. The first-order valence-electron chi connectivity index (χ1n) is 12.7. The number of carbonyl (C=O) groups excluding carboxylic acids is 1. The van der Waals surface area contributed by atoms with Crippen LogP contribution in [0.25, 0.3) is 16.9 Å². The maximum absolute atomic E-state index is 13.9. The van der Waals surface area contributed by atoms with Crippen LogP contribution in [0.15, 0.2) is 91.3 Å². The van der Waals surface area contributed by atoms with Crippen LogP contribution in [-0.2, 0) is 24.2 Å². The van der Waals surface area contributed by atoms with E-state index >= 15 is 0 Å². The lowest BCUT2D eigenvalue weighted by Gasteiger charge is -2.23. The average Bonchev–Trinajstić information content (AvgIpc) is 3.26. The highest BCUT2D eigenvalue weighted by Gasteiger charge is 2.21. The predicted octanol–water partition coefficient (Wildman–Crippen LogP) is 6.14. The highest BCUT2D eigenvalue weighted by atomic mass is 16.2. The van der Waals surface area contributed by atoms with Crippen molar-refractivity contribution in [2.75, 3.05) is 6.54 Å². The van der Waals surface area contributed by atoms with Gasteiger partial charge in [-0.25, -0.2) is 4.98 Å². The summed E-state index contributed by atoms with van der Waals surface area (Å²) in [7, 11) is 0. The lowest BCUT2D eigenvalue weighted by Crippen LogP contribution is -2.34. The van der Waals surface area contributed by atoms with Gasteiger partial charge < -0.3 is 9.30 Å². The standard InChI is InChI=1S/C32H32N4O/c1-23-14-18-36-29(32(34-30(36)19-23)27-13-12-24(2)25(3)20-27)21-31(37)35(22-26-9-5-4-6-10-26)17-15-28-11-7-8-16-33-28/h4-14,16,18-20H,15,17,21-22H2,1-3H3. The van der Waals surface area contributed by atoms with Crippen molar-refractivity contribution in [3.63, 3.8) is 0 Å². The summed E-state index contributed by atoms with van der Waals surface area (Å²) >= 11 is 0. The van der Waals surface area contributed by atoms with Crippen molar-refractivity contribution < 1.29 is 4.79 Å². The molecule has 0 spiro atoms. The number of hydrogen-bond donors (Lipinski definition) is 0. The molecule has 2 aromatic carbocycles. The normalized spacial score (nSPS) is 11.1. The number of carbonyl (C=O) groups is 1. The van der Waals surface area contributed by atoms with E-state index in [9.17, 15) is 4.79 Å². The predicted molar refractivity (Wildman–Crippen MR) is 148 cm³/mol. The molecule has 0 atom stereocenters. The summed E-state index contributed by atoms with van der Waals surface area (Å²) in [6.07, 6.45) is 4.80. The number of rotatable bonds is 8. The monoisotopic (exact) mass is 488 g/mol. The van der Waals surface area contributed by atoms with Crippen LogP contribution in [0, 0.1) is 20.8 Å². The molecule has 0 fully saturated rings. The van der Waals surface area contributed by atoms with Gasteiger partial charge in [-0.15, -0.1) is 0 Å². The Morgan fingerprint density at radius 1 is 0.892 bits per heavy atom. The van der Waals surface area contributed by atoms with E-state index < -0.39 is 0 Å². The molecule has 5 rings (SSSR count). The molecule has 0 saturated heterocycles. The molecule has 0 saturated carbocycles. The van der Waals surface area contributed by atoms with Gasteiger partial charge in [0.25, 0.3) is 0 Å². The summed E-state index contributed by atoms with van der Waals surface area (Å²) in [5, 5.41) is 0. The van der Waals surface area contributed by atoms with E-state index in [1.54, 1.807) is 6.20 Å².